The van der Waals surface area contributed by atoms with Gasteiger partial charge in [-0.2, -0.15) is 0 Å². The van der Waals surface area contributed by atoms with Crippen molar-refractivity contribution in [3.05, 3.63) is 70.8 Å². The van der Waals surface area contributed by atoms with Gasteiger partial charge in [-0.3, -0.25) is 9.69 Å². The summed E-state index contributed by atoms with van der Waals surface area (Å²) in [6.45, 7) is 8.89. The van der Waals surface area contributed by atoms with Crippen LogP contribution < -0.4 is 5.32 Å². The molecule has 2 atom stereocenters. The van der Waals surface area contributed by atoms with E-state index < -0.39 is 0 Å². The second kappa shape index (κ2) is 7.39. The molecule has 0 aliphatic carbocycles. The topological polar surface area (TPSA) is 32.3 Å². The molecule has 1 amide bonds. The highest BCUT2D eigenvalue weighted by atomic mass is 19.1. The van der Waals surface area contributed by atoms with Crippen LogP contribution in [0.1, 0.15) is 50.4 Å². The molecular formula is C22H26F2N2O. The number of carbonyl (C=O) groups excluding carboxylic acids is 1. The predicted molar refractivity (Wildman–Crippen MR) is 102 cm³/mol. The van der Waals surface area contributed by atoms with Crippen molar-refractivity contribution in [1.29, 1.82) is 0 Å². The van der Waals surface area contributed by atoms with Crippen molar-refractivity contribution in [3.8, 4) is 0 Å². The van der Waals surface area contributed by atoms with Gasteiger partial charge in [-0.25, -0.2) is 8.78 Å². The number of halogens is 2. The Balaban J connectivity index is 1.73. The molecular weight excluding hydrogens is 346 g/mol. The molecule has 3 nitrogen and oxygen atoms in total. The molecule has 144 valence electrons. The minimum absolute atomic E-state index is 0.0949. The third-order valence-corrected chi connectivity index (χ3v) is 5.40. The molecule has 0 radical (unpaired) electrons. The first-order valence-electron chi connectivity index (χ1n) is 9.27. The molecule has 1 N–H and O–H groups in total. The van der Waals surface area contributed by atoms with E-state index in [1.165, 1.54) is 18.2 Å². The van der Waals surface area contributed by atoms with Crippen molar-refractivity contribution < 1.29 is 13.6 Å². The van der Waals surface area contributed by atoms with Crippen LogP contribution in [0.25, 0.3) is 0 Å². The molecule has 1 aliphatic heterocycles. The maximum absolute atomic E-state index is 14.3. The lowest BCUT2D eigenvalue weighted by Gasteiger charge is -2.42. The Labute approximate surface area is 159 Å². The molecule has 27 heavy (non-hydrogen) atoms. The Hall–Kier alpha value is -2.27. The number of carbonyl (C=O) groups is 1. The van der Waals surface area contributed by atoms with Gasteiger partial charge in [-0.15, -0.1) is 0 Å². The Morgan fingerprint density at radius 1 is 1.11 bits per heavy atom. The van der Waals surface area contributed by atoms with E-state index in [9.17, 15) is 13.6 Å². The zero-order valence-corrected chi connectivity index (χ0v) is 16.2. The van der Waals surface area contributed by atoms with Crippen molar-refractivity contribution in [2.45, 2.75) is 51.7 Å². The number of fused-ring (bicyclic) bond motifs is 1. The third kappa shape index (κ3) is 4.03. The number of nitrogens with zero attached hydrogens (tertiary/aromatic N) is 1. The molecule has 0 fully saturated rings. The summed E-state index contributed by atoms with van der Waals surface area (Å²) >= 11 is 0. The molecule has 5 heteroatoms. The summed E-state index contributed by atoms with van der Waals surface area (Å²) in [5, 5.41) is 3.00. The van der Waals surface area contributed by atoms with Crippen LogP contribution in [0.3, 0.4) is 0 Å². The van der Waals surface area contributed by atoms with Crippen molar-refractivity contribution >= 4 is 5.91 Å². The maximum atomic E-state index is 14.3. The van der Waals surface area contributed by atoms with Crippen LogP contribution in [0.4, 0.5) is 8.78 Å². The van der Waals surface area contributed by atoms with Crippen LogP contribution in [-0.2, 0) is 16.8 Å². The van der Waals surface area contributed by atoms with E-state index >= 15 is 0 Å². The summed E-state index contributed by atoms with van der Waals surface area (Å²) in [4.78, 5) is 14.9. The first-order chi connectivity index (χ1) is 12.7. The van der Waals surface area contributed by atoms with Crippen LogP contribution in [0.15, 0.2) is 42.5 Å². The molecule has 0 saturated carbocycles. The van der Waals surface area contributed by atoms with E-state index in [0.717, 1.165) is 16.7 Å². The van der Waals surface area contributed by atoms with Gasteiger partial charge < -0.3 is 5.32 Å². The fraction of sp³-hybridized carbons (Fsp3) is 0.409. The van der Waals surface area contributed by atoms with Crippen LogP contribution in [0.2, 0.25) is 0 Å². The normalized spacial score (nSPS) is 18.4. The highest BCUT2D eigenvalue weighted by molar-refractivity contribution is 5.81. The SMILES string of the molecule is CC(NC(=O)C(C)N1Cc2cccc(F)c2C(C)(C)C1)c1ccc(F)cc1. The van der Waals surface area contributed by atoms with Crippen LogP contribution >= 0.6 is 0 Å². The average Bonchev–Trinajstić information content (AvgIpc) is 2.60. The van der Waals surface area contributed by atoms with Crippen molar-refractivity contribution in [1.82, 2.24) is 10.2 Å². The third-order valence-electron chi connectivity index (χ3n) is 5.40. The number of benzene rings is 2. The fourth-order valence-corrected chi connectivity index (χ4v) is 3.93. The lowest BCUT2D eigenvalue weighted by Crippen LogP contribution is -2.52. The molecule has 2 aromatic rings. The average molecular weight is 372 g/mol. The monoisotopic (exact) mass is 372 g/mol. The number of hydrogen-bond donors (Lipinski definition) is 1. The van der Waals surface area contributed by atoms with Gasteiger partial charge in [0.15, 0.2) is 0 Å². The molecule has 0 spiro atoms. The maximum Gasteiger partial charge on any atom is 0.237 e. The van der Waals surface area contributed by atoms with Gasteiger partial charge in [0.2, 0.25) is 5.91 Å². The van der Waals surface area contributed by atoms with E-state index in [2.05, 4.69) is 10.2 Å². The van der Waals surface area contributed by atoms with Crippen LogP contribution in [0.5, 0.6) is 0 Å². The summed E-state index contributed by atoms with van der Waals surface area (Å²) in [5.74, 6) is -0.575. The number of hydrogen-bond acceptors (Lipinski definition) is 2. The van der Waals surface area contributed by atoms with Gasteiger partial charge >= 0.3 is 0 Å². The summed E-state index contributed by atoms with van der Waals surface area (Å²) in [6, 6.07) is 10.7. The van der Waals surface area contributed by atoms with Crippen molar-refractivity contribution in [3.63, 3.8) is 0 Å². The van der Waals surface area contributed by atoms with E-state index in [4.69, 9.17) is 0 Å². The van der Waals surface area contributed by atoms with Gasteiger partial charge in [0, 0.05) is 18.5 Å². The van der Waals surface area contributed by atoms with E-state index in [-0.39, 0.29) is 35.0 Å². The lowest BCUT2D eigenvalue weighted by atomic mass is 9.77. The zero-order valence-electron chi connectivity index (χ0n) is 16.2. The Kier molecular flexibility index (Phi) is 5.33. The lowest BCUT2D eigenvalue weighted by molar-refractivity contribution is -0.127. The molecule has 2 unspecified atom stereocenters. The molecule has 1 aliphatic rings. The Bertz CT molecular complexity index is 833. The van der Waals surface area contributed by atoms with Gasteiger partial charge in [-0.05, 0) is 48.7 Å². The molecule has 2 aromatic carbocycles. The highest BCUT2D eigenvalue weighted by Crippen LogP contribution is 2.36. The van der Waals surface area contributed by atoms with E-state index in [1.54, 1.807) is 18.2 Å². The first kappa shape index (κ1) is 19.5. The molecule has 3 rings (SSSR count). The summed E-state index contributed by atoms with van der Waals surface area (Å²) in [5.41, 5.74) is 2.14. The fourth-order valence-electron chi connectivity index (χ4n) is 3.93. The van der Waals surface area contributed by atoms with E-state index in [1.807, 2.05) is 33.8 Å². The van der Waals surface area contributed by atoms with E-state index in [0.29, 0.717) is 13.1 Å². The predicted octanol–water partition coefficient (Wildman–Crippen LogP) is 4.32. The van der Waals surface area contributed by atoms with Gasteiger partial charge in [0.25, 0.3) is 0 Å². The summed E-state index contributed by atoms with van der Waals surface area (Å²) in [6.07, 6.45) is 0. The van der Waals surface area contributed by atoms with Gasteiger partial charge in [-0.1, -0.05) is 38.1 Å². The van der Waals surface area contributed by atoms with Crippen LogP contribution in [0, 0.1) is 11.6 Å². The molecule has 0 bridgehead atoms. The summed E-state index contributed by atoms with van der Waals surface area (Å²) < 4.78 is 27.4. The standard InChI is InChI=1S/C22H26F2N2O/c1-14(16-8-10-18(23)11-9-16)25-21(27)15(2)26-12-17-6-5-7-19(24)20(17)22(3,4)13-26/h5-11,14-15H,12-13H2,1-4H3,(H,25,27). The highest BCUT2D eigenvalue weighted by Gasteiger charge is 2.37. The first-order valence-corrected chi connectivity index (χ1v) is 9.27. The Morgan fingerprint density at radius 3 is 2.44 bits per heavy atom. The van der Waals surface area contributed by atoms with Crippen molar-refractivity contribution in [2.75, 3.05) is 6.54 Å². The number of rotatable bonds is 4. The molecule has 1 heterocycles. The van der Waals surface area contributed by atoms with Gasteiger partial charge in [0.05, 0.1) is 12.1 Å². The smallest absolute Gasteiger partial charge is 0.237 e. The second-order valence-electron chi connectivity index (χ2n) is 8.02. The Morgan fingerprint density at radius 2 is 1.78 bits per heavy atom. The summed E-state index contributed by atoms with van der Waals surface area (Å²) in [7, 11) is 0. The quantitative estimate of drug-likeness (QED) is 0.867. The minimum atomic E-state index is -0.379. The minimum Gasteiger partial charge on any atom is -0.348 e. The number of nitrogens with one attached hydrogen (secondary N) is 1. The second-order valence-corrected chi connectivity index (χ2v) is 8.02. The van der Waals surface area contributed by atoms with Crippen LogP contribution in [-0.4, -0.2) is 23.4 Å². The largest absolute Gasteiger partial charge is 0.348 e. The zero-order chi connectivity index (χ0) is 19.8. The van der Waals surface area contributed by atoms with Gasteiger partial charge in [0.1, 0.15) is 11.6 Å². The number of amides is 1. The molecule has 0 aromatic heterocycles. The van der Waals surface area contributed by atoms with Crippen molar-refractivity contribution in [2.24, 2.45) is 0 Å². The molecule has 0 saturated heterocycles.